The zero-order valence-electron chi connectivity index (χ0n) is 18.1. The molecule has 0 radical (unpaired) electrons. The Kier molecular flexibility index (Phi) is 5.11. The number of aliphatic hydroxyl groups is 3. The molecule has 4 N–H and O–H groups in total. The van der Waals surface area contributed by atoms with Gasteiger partial charge in [0.05, 0.1) is 11.7 Å². The Morgan fingerprint density at radius 1 is 1.19 bits per heavy atom. The highest BCUT2D eigenvalue weighted by Crippen LogP contribution is 2.67. The van der Waals surface area contributed by atoms with Crippen molar-refractivity contribution in [3.8, 4) is 0 Å². The van der Waals surface area contributed by atoms with Crippen LogP contribution in [-0.2, 0) is 14.4 Å². The van der Waals surface area contributed by atoms with Crippen LogP contribution in [0, 0.1) is 28.6 Å². The van der Waals surface area contributed by atoms with Crippen LogP contribution in [-0.4, -0.2) is 55.8 Å². The van der Waals surface area contributed by atoms with Gasteiger partial charge in [-0.3, -0.25) is 9.59 Å². The molecule has 1 unspecified atom stereocenters. The molecule has 0 aliphatic heterocycles. The number of hydrogen-bond donors (Lipinski definition) is 4. The SMILES string of the molecule is C=C(C(=O)O)C(O)C(=O)[C@@]1(O)CC[C@H]2[C@@H]3CCC4=CC(=O)CC[C@]4(C)[C@H]3[C@@H](O)C[C@@]21C. The maximum Gasteiger partial charge on any atom is 0.334 e. The molecular formula is C24H32O7. The van der Waals surface area contributed by atoms with E-state index in [9.17, 15) is 29.7 Å². The molecule has 4 rings (SSSR count). The van der Waals surface area contributed by atoms with E-state index in [4.69, 9.17) is 5.11 Å². The number of carbonyl (C=O) groups excluding carboxylic acids is 2. The van der Waals surface area contributed by atoms with Crippen LogP contribution in [0.2, 0.25) is 0 Å². The van der Waals surface area contributed by atoms with E-state index in [1.54, 1.807) is 13.0 Å². The highest BCUT2D eigenvalue weighted by molar-refractivity contribution is 6.02. The van der Waals surface area contributed by atoms with E-state index in [0.29, 0.717) is 19.3 Å². The van der Waals surface area contributed by atoms with Crippen LogP contribution in [0.3, 0.4) is 0 Å². The molecular weight excluding hydrogens is 400 g/mol. The van der Waals surface area contributed by atoms with Gasteiger partial charge < -0.3 is 20.4 Å². The first-order valence-corrected chi connectivity index (χ1v) is 11.2. The predicted octanol–water partition coefficient (Wildman–Crippen LogP) is 1.79. The average molecular weight is 433 g/mol. The quantitative estimate of drug-likeness (QED) is 0.498. The molecule has 0 spiro atoms. The van der Waals surface area contributed by atoms with Gasteiger partial charge in [0.15, 0.2) is 11.6 Å². The van der Waals surface area contributed by atoms with Crippen molar-refractivity contribution < 1.29 is 34.8 Å². The summed E-state index contributed by atoms with van der Waals surface area (Å²) in [7, 11) is 0. The smallest absolute Gasteiger partial charge is 0.334 e. The Morgan fingerprint density at radius 2 is 1.87 bits per heavy atom. The number of Topliss-reactive ketones (excluding diaryl/α,β-unsaturated/α-hetero) is 1. The van der Waals surface area contributed by atoms with Gasteiger partial charge in [0.25, 0.3) is 0 Å². The standard InChI is InChI=1S/C24H32O7/c1-12(21(29)30)19(27)20(28)24(31)9-7-16-15-5-4-13-10-14(25)6-8-22(13,2)18(15)17(26)11-23(16,24)3/h10,15-19,26-27,31H,1,4-9,11H2,2-3H3,(H,29,30)/t15-,16-,17-,18+,19?,22-,23-,24-/m0/s1. The van der Waals surface area contributed by atoms with E-state index in [1.165, 1.54) is 0 Å². The predicted molar refractivity (Wildman–Crippen MR) is 111 cm³/mol. The van der Waals surface area contributed by atoms with Crippen LogP contribution < -0.4 is 0 Å². The van der Waals surface area contributed by atoms with E-state index in [-0.39, 0.29) is 41.8 Å². The molecule has 8 atom stereocenters. The van der Waals surface area contributed by atoms with Crippen LogP contribution in [0.4, 0.5) is 0 Å². The molecule has 7 nitrogen and oxygen atoms in total. The Labute approximate surface area is 181 Å². The fourth-order valence-electron chi connectivity index (χ4n) is 7.60. The van der Waals surface area contributed by atoms with Gasteiger partial charge >= 0.3 is 5.97 Å². The molecule has 4 aliphatic rings. The number of carbonyl (C=O) groups is 3. The number of carboxylic acids is 1. The second-order valence-corrected chi connectivity index (χ2v) is 10.6. The minimum Gasteiger partial charge on any atom is -0.478 e. The fourth-order valence-corrected chi connectivity index (χ4v) is 7.60. The van der Waals surface area contributed by atoms with Crippen molar-refractivity contribution in [2.75, 3.05) is 0 Å². The van der Waals surface area contributed by atoms with Crippen LogP contribution in [0.25, 0.3) is 0 Å². The Hall–Kier alpha value is -1.83. The highest BCUT2D eigenvalue weighted by Gasteiger charge is 2.69. The first kappa shape index (κ1) is 22.4. The van der Waals surface area contributed by atoms with Crippen molar-refractivity contribution in [2.24, 2.45) is 28.6 Å². The average Bonchev–Trinajstić information content (AvgIpc) is 2.97. The number of allylic oxidation sites excluding steroid dienone is 1. The second-order valence-electron chi connectivity index (χ2n) is 10.6. The first-order valence-electron chi connectivity index (χ1n) is 11.2. The first-order chi connectivity index (χ1) is 14.4. The molecule has 0 aromatic carbocycles. The van der Waals surface area contributed by atoms with Crippen LogP contribution in [0.1, 0.15) is 58.8 Å². The minimum atomic E-state index is -1.99. The summed E-state index contributed by atoms with van der Waals surface area (Å²) in [4.78, 5) is 36.3. The zero-order chi connectivity index (χ0) is 22.9. The molecule has 0 heterocycles. The summed E-state index contributed by atoms with van der Waals surface area (Å²) in [5.41, 5.74) is -2.75. The Morgan fingerprint density at radius 3 is 2.52 bits per heavy atom. The number of fused-ring (bicyclic) bond motifs is 5. The molecule has 7 heteroatoms. The molecule has 3 fully saturated rings. The monoisotopic (exact) mass is 432 g/mol. The van der Waals surface area contributed by atoms with Gasteiger partial charge in [-0.05, 0) is 67.8 Å². The largest absolute Gasteiger partial charge is 0.478 e. The lowest BCUT2D eigenvalue weighted by atomic mass is 9.45. The fraction of sp³-hybridized carbons (Fsp3) is 0.708. The molecule has 0 saturated heterocycles. The summed E-state index contributed by atoms with van der Waals surface area (Å²) in [6.07, 6.45) is 2.54. The van der Waals surface area contributed by atoms with Gasteiger partial charge in [0.1, 0.15) is 11.7 Å². The van der Waals surface area contributed by atoms with E-state index >= 15 is 0 Å². The Balaban J connectivity index is 1.69. The van der Waals surface area contributed by atoms with Crippen molar-refractivity contribution in [1.82, 2.24) is 0 Å². The lowest BCUT2D eigenvalue weighted by molar-refractivity contribution is -0.185. The summed E-state index contributed by atoms with van der Waals surface area (Å²) in [5, 5.41) is 42.3. The van der Waals surface area contributed by atoms with Crippen LogP contribution in [0.5, 0.6) is 0 Å². The van der Waals surface area contributed by atoms with E-state index in [0.717, 1.165) is 18.4 Å². The molecule has 0 amide bonds. The molecule has 31 heavy (non-hydrogen) atoms. The molecule has 0 aromatic heterocycles. The third kappa shape index (κ3) is 2.93. The van der Waals surface area contributed by atoms with Crippen molar-refractivity contribution in [2.45, 2.75) is 76.6 Å². The molecule has 0 aromatic rings. The molecule has 3 saturated carbocycles. The van der Waals surface area contributed by atoms with Crippen molar-refractivity contribution in [3.05, 3.63) is 23.8 Å². The van der Waals surface area contributed by atoms with Crippen molar-refractivity contribution in [3.63, 3.8) is 0 Å². The number of aliphatic carboxylic acids is 1. The van der Waals surface area contributed by atoms with E-state index < -0.39 is 40.5 Å². The molecule has 4 aliphatic carbocycles. The van der Waals surface area contributed by atoms with Gasteiger partial charge in [0, 0.05) is 11.8 Å². The third-order valence-corrected chi connectivity index (χ3v) is 9.31. The van der Waals surface area contributed by atoms with Gasteiger partial charge in [-0.15, -0.1) is 0 Å². The highest BCUT2D eigenvalue weighted by atomic mass is 16.4. The van der Waals surface area contributed by atoms with E-state index in [2.05, 4.69) is 13.5 Å². The third-order valence-electron chi connectivity index (χ3n) is 9.31. The summed E-state index contributed by atoms with van der Waals surface area (Å²) in [6, 6.07) is 0. The van der Waals surface area contributed by atoms with Gasteiger partial charge in [0.2, 0.25) is 0 Å². The summed E-state index contributed by atoms with van der Waals surface area (Å²) in [5.74, 6) is -2.33. The number of carboxylic acid groups (broad SMARTS) is 1. The van der Waals surface area contributed by atoms with E-state index in [1.807, 2.05) is 0 Å². The zero-order valence-corrected chi connectivity index (χ0v) is 18.1. The maximum atomic E-state index is 13.1. The minimum absolute atomic E-state index is 0.0452. The number of rotatable bonds is 4. The topological polar surface area (TPSA) is 132 Å². The number of hydrogen-bond acceptors (Lipinski definition) is 6. The maximum absolute atomic E-state index is 13.1. The molecule has 0 bridgehead atoms. The second kappa shape index (κ2) is 7.09. The lowest BCUT2D eigenvalue weighted by Crippen LogP contribution is -2.63. The summed E-state index contributed by atoms with van der Waals surface area (Å²) < 4.78 is 0. The van der Waals surface area contributed by atoms with Crippen molar-refractivity contribution in [1.29, 1.82) is 0 Å². The normalized spacial score (nSPS) is 45.1. The Bertz CT molecular complexity index is 890. The molecule has 170 valence electrons. The lowest BCUT2D eigenvalue weighted by Gasteiger charge is -2.60. The van der Waals surface area contributed by atoms with Crippen LogP contribution >= 0.6 is 0 Å². The van der Waals surface area contributed by atoms with Gasteiger partial charge in [-0.1, -0.05) is 26.0 Å². The number of aliphatic hydroxyl groups excluding tert-OH is 2. The van der Waals surface area contributed by atoms with Gasteiger partial charge in [-0.25, -0.2) is 4.79 Å². The summed E-state index contributed by atoms with van der Waals surface area (Å²) in [6.45, 7) is 7.19. The number of ketones is 2. The van der Waals surface area contributed by atoms with Gasteiger partial charge in [-0.2, -0.15) is 0 Å². The van der Waals surface area contributed by atoms with Crippen LogP contribution in [0.15, 0.2) is 23.8 Å². The van der Waals surface area contributed by atoms with Crippen molar-refractivity contribution >= 4 is 17.5 Å². The summed E-state index contributed by atoms with van der Waals surface area (Å²) >= 11 is 0.